The smallest absolute Gasteiger partial charge is 0.341 e. The molecule has 3 heteroatoms. The van der Waals surface area contributed by atoms with Crippen molar-refractivity contribution in [1.82, 2.24) is 0 Å². The van der Waals surface area contributed by atoms with Gasteiger partial charge in [0.15, 0.2) is 0 Å². The average Bonchev–Trinajstić information content (AvgIpc) is 2.45. The average molecular weight is 292 g/mol. The first-order chi connectivity index (χ1) is 10.1. The molecule has 1 aromatic rings. The van der Waals surface area contributed by atoms with Gasteiger partial charge in [-0.25, -0.2) is 4.79 Å². The van der Waals surface area contributed by atoms with Gasteiger partial charge in [0.2, 0.25) is 0 Å². The van der Waals surface area contributed by atoms with E-state index in [0.29, 0.717) is 30.4 Å². The van der Waals surface area contributed by atoms with Gasteiger partial charge in [0.25, 0.3) is 0 Å². The molecule has 21 heavy (non-hydrogen) atoms. The predicted octanol–water partition coefficient (Wildman–Crippen LogP) is 4.63. The van der Waals surface area contributed by atoms with Crippen molar-refractivity contribution in [2.75, 3.05) is 13.2 Å². The standard InChI is InChI=1S/C18H28O3/c1-5-7-9-15-10-8-11-16(18(19)20-6-2)17(15)21-13-12-14(3)4/h8,10-11,14H,5-7,9,12-13H2,1-4H3. The first-order valence-corrected chi connectivity index (χ1v) is 8.01. The van der Waals surface area contributed by atoms with Gasteiger partial charge in [0.05, 0.1) is 13.2 Å². The molecule has 0 heterocycles. The summed E-state index contributed by atoms with van der Waals surface area (Å²) in [5.41, 5.74) is 1.65. The molecular formula is C18H28O3. The monoisotopic (exact) mass is 292 g/mol. The van der Waals surface area contributed by atoms with Gasteiger partial charge in [0, 0.05) is 0 Å². The molecule has 0 aliphatic carbocycles. The zero-order valence-corrected chi connectivity index (χ0v) is 13.8. The van der Waals surface area contributed by atoms with Gasteiger partial charge < -0.3 is 9.47 Å². The third-order valence-electron chi connectivity index (χ3n) is 3.33. The maximum atomic E-state index is 12.1. The van der Waals surface area contributed by atoms with E-state index in [-0.39, 0.29) is 5.97 Å². The van der Waals surface area contributed by atoms with Crippen LogP contribution in [0.25, 0.3) is 0 Å². The van der Waals surface area contributed by atoms with Crippen molar-refractivity contribution in [2.45, 2.75) is 53.4 Å². The fourth-order valence-corrected chi connectivity index (χ4v) is 2.09. The van der Waals surface area contributed by atoms with Crippen LogP contribution in [0.4, 0.5) is 0 Å². The van der Waals surface area contributed by atoms with Crippen LogP contribution in [0.5, 0.6) is 5.75 Å². The van der Waals surface area contributed by atoms with Gasteiger partial charge in [-0.05, 0) is 43.7 Å². The number of benzene rings is 1. The van der Waals surface area contributed by atoms with Gasteiger partial charge >= 0.3 is 5.97 Å². The number of hydrogen-bond acceptors (Lipinski definition) is 3. The highest BCUT2D eigenvalue weighted by Gasteiger charge is 2.17. The van der Waals surface area contributed by atoms with E-state index in [1.54, 1.807) is 6.07 Å². The first-order valence-electron chi connectivity index (χ1n) is 8.01. The molecule has 0 fully saturated rings. The van der Waals surface area contributed by atoms with Gasteiger partial charge in [-0.1, -0.05) is 39.3 Å². The SMILES string of the molecule is CCCCc1cccc(C(=O)OCC)c1OCCC(C)C. The Kier molecular flexibility index (Phi) is 7.88. The van der Waals surface area contributed by atoms with Crippen LogP contribution in [0.15, 0.2) is 18.2 Å². The molecule has 0 spiro atoms. The summed E-state index contributed by atoms with van der Waals surface area (Å²) in [5.74, 6) is 0.999. The number of carbonyl (C=O) groups excluding carboxylic acids is 1. The minimum absolute atomic E-state index is 0.296. The molecule has 0 saturated heterocycles. The summed E-state index contributed by atoms with van der Waals surface area (Å²) in [4.78, 5) is 12.1. The Hall–Kier alpha value is -1.51. The summed E-state index contributed by atoms with van der Waals surface area (Å²) in [6, 6.07) is 5.74. The Morgan fingerprint density at radius 2 is 2.00 bits per heavy atom. The quantitative estimate of drug-likeness (QED) is 0.622. The molecule has 1 aromatic carbocycles. The third-order valence-corrected chi connectivity index (χ3v) is 3.33. The van der Waals surface area contributed by atoms with Crippen molar-refractivity contribution in [3.63, 3.8) is 0 Å². The molecule has 0 aliphatic heterocycles. The van der Waals surface area contributed by atoms with Gasteiger partial charge in [-0.2, -0.15) is 0 Å². The number of aryl methyl sites for hydroxylation is 1. The van der Waals surface area contributed by atoms with Crippen LogP contribution in [-0.4, -0.2) is 19.2 Å². The van der Waals surface area contributed by atoms with Crippen LogP contribution in [0.1, 0.15) is 62.9 Å². The lowest BCUT2D eigenvalue weighted by atomic mass is 10.0. The molecule has 0 saturated carbocycles. The van der Waals surface area contributed by atoms with Crippen molar-refractivity contribution < 1.29 is 14.3 Å². The molecular weight excluding hydrogens is 264 g/mol. The summed E-state index contributed by atoms with van der Waals surface area (Å²) in [7, 11) is 0. The molecule has 0 aliphatic rings. The van der Waals surface area contributed by atoms with Crippen molar-refractivity contribution >= 4 is 5.97 Å². The van der Waals surface area contributed by atoms with Gasteiger partial charge in [0.1, 0.15) is 11.3 Å². The lowest BCUT2D eigenvalue weighted by molar-refractivity contribution is 0.0521. The van der Waals surface area contributed by atoms with E-state index in [1.807, 2.05) is 19.1 Å². The molecule has 0 radical (unpaired) electrons. The van der Waals surface area contributed by atoms with Gasteiger partial charge in [-0.15, -0.1) is 0 Å². The molecule has 0 aromatic heterocycles. The number of unbranched alkanes of at least 4 members (excludes halogenated alkanes) is 1. The van der Waals surface area contributed by atoms with Crippen molar-refractivity contribution in [2.24, 2.45) is 5.92 Å². The molecule has 3 nitrogen and oxygen atoms in total. The van der Waals surface area contributed by atoms with E-state index in [0.717, 1.165) is 31.2 Å². The van der Waals surface area contributed by atoms with Crippen molar-refractivity contribution in [3.8, 4) is 5.75 Å². The largest absolute Gasteiger partial charge is 0.492 e. The Labute approximate surface area is 128 Å². The summed E-state index contributed by atoms with van der Waals surface area (Å²) in [6.07, 6.45) is 4.12. The second-order valence-electron chi connectivity index (χ2n) is 5.65. The fourth-order valence-electron chi connectivity index (χ4n) is 2.09. The van der Waals surface area contributed by atoms with Crippen LogP contribution in [0, 0.1) is 5.92 Å². The maximum Gasteiger partial charge on any atom is 0.341 e. The van der Waals surface area contributed by atoms with Crippen LogP contribution in [-0.2, 0) is 11.2 Å². The summed E-state index contributed by atoms with van der Waals surface area (Å²) in [5, 5.41) is 0. The van der Waals surface area contributed by atoms with Crippen molar-refractivity contribution in [1.29, 1.82) is 0 Å². The number of carbonyl (C=O) groups is 1. The lowest BCUT2D eigenvalue weighted by Gasteiger charge is -2.16. The number of hydrogen-bond donors (Lipinski definition) is 0. The molecule has 1 rings (SSSR count). The van der Waals surface area contributed by atoms with E-state index in [2.05, 4.69) is 20.8 Å². The van der Waals surface area contributed by atoms with E-state index < -0.39 is 0 Å². The number of para-hydroxylation sites is 1. The number of ether oxygens (including phenoxy) is 2. The first kappa shape index (κ1) is 17.5. The van der Waals surface area contributed by atoms with Crippen LogP contribution >= 0.6 is 0 Å². The summed E-state index contributed by atoms with van der Waals surface area (Å²) >= 11 is 0. The molecule has 0 unspecified atom stereocenters. The Bertz CT molecular complexity index is 438. The van der Waals surface area contributed by atoms with E-state index in [9.17, 15) is 4.79 Å². The maximum absolute atomic E-state index is 12.1. The normalized spacial score (nSPS) is 10.7. The summed E-state index contributed by atoms with van der Waals surface area (Å²) in [6.45, 7) is 9.32. The van der Waals surface area contributed by atoms with Crippen molar-refractivity contribution in [3.05, 3.63) is 29.3 Å². The third kappa shape index (κ3) is 5.78. The molecule has 0 bridgehead atoms. The molecule has 0 atom stereocenters. The van der Waals surface area contributed by atoms with Crippen LogP contribution < -0.4 is 4.74 Å². The van der Waals surface area contributed by atoms with Crippen LogP contribution in [0.3, 0.4) is 0 Å². The van der Waals surface area contributed by atoms with Crippen LogP contribution in [0.2, 0.25) is 0 Å². The highest BCUT2D eigenvalue weighted by Crippen LogP contribution is 2.27. The van der Waals surface area contributed by atoms with E-state index in [1.165, 1.54) is 0 Å². The summed E-state index contributed by atoms with van der Waals surface area (Å²) < 4.78 is 11.1. The highest BCUT2D eigenvalue weighted by molar-refractivity contribution is 5.93. The Morgan fingerprint density at radius 1 is 1.24 bits per heavy atom. The molecule has 0 N–H and O–H groups in total. The fraction of sp³-hybridized carbons (Fsp3) is 0.611. The second kappa shape index (κ2) is 9.43. The number of esters is 1. The van der Waals surface area contributed by atoms with Gasteiger partial charge in [-0.3, -0.25) is 0 Å². The predicted molar refractivity (Wildman–Crippen MR) is 86.0 cm³/mol. The zero-order chi connectivity index (χ0) is 15.7. The van der Waals surface area contributed by atoms with E-state index >= 15 is 0 Å². The number of rotatable bonds is 9. The highest BCUT2D eigenvalue weighted by atomic mass is 16.5. The minimum atomic E-state index is -0.296. The lowest BCUT2D eigenvalue weighted by Crippen LogP contribution is -2.11. The Balaban J connectivity index is 2.96. The topological polar surface area (TPSA) is 35.5 Å². The molecule has 118 valence electrons. The zero-order valence-electron chi connectivity index (χ0n) is 13.8. The second-order valence-corrected chi connectivity index (χ2v) is 5.65. The minimum Gasteiger partial charge on any atom is -0.492 e. The molecule has 0 amide bonds. The Morgan fingerprint density at radius 3 is 2.62 bits per heavy atom. The van der Waals surface area contributed by atoms with E-state index in [4.69, 9.17) is 9.47 Å².